The fourth-order valence-electron chi connectivity index (χ4n) is 4.76. The molecule has 2 rings (SSSR count). The zero-order valence-electron chi connectivity index (χ0n) is 14.4. The van der Waals surface area contributed by atoms with Crippen LogP contribution in [0.2, 0.25) is 0 Å². The van der Waals surface area contributed by atoms with Gasteiger partial charge in [0.25, 0.3) is 11.8 Å². The van der Waals surface area contributed by atoms with E-state index < -0.39 is 47.0 Å². The summed E-state index contributed by atoms with van der Waals surface area (Å²) in [4.78, 5) is 0. The molecule has 3 unspecified atom stereocenters. The maximum atomic E-state index is 14.7. The molecule has 0 spiro atoms. The van der Waals surface area contributed by atoms with E-state index in [0.29, 0.717) is 25.7 Å². The Morgan fingerprint density at radius 1 is 0.958 bits per heavy atom. The number of aliphatic hydroxyl groups is 2. The maximum absolute atomic E-state index is 14.7. The number of hydrogen-bond donors (Lipinski definition) is 2. The smallest absolute Gasteiger partial charge is 0.295 e. The third kappa shape index (κ3) is 2.33. The second kappa shape index (κ2) is 5.79. The van der Waals surface area contributed by atoms with Crippen molar-refractivity contribution in [2.24, 2.45) is 17.3 Å². The summed E-state index contributed by atoms with van der Waals surface area (Å²) in [6, 6.07) is 0. The summed E-state index contributed by atoms with van der Waals surface area (Å²) < 4.78 is 72.6. The lowest BCUT2D eigenvalue weighted by atomic mass is 9.59. The van der Waals surface area contributed by atoms with Gasteiger partial charge in [0, 0.05) is 11.3 Å². The van der Waals surface area contributed by atoms with Crippen LogP contribution in [0.25, 0.3) is 0 Å². The highest BCUT2D eigenvalue weighted by Gasteiger charge is 2.78. The average Bonchev–Trinajstić information content (AvgIpc) is 2.96. The summed E-state index contributed by atoms with van der Waals surface area (Å²) in [7, 11) is 0. The third-order valence-corrected chi connectivity index (χ3v) is 6.72. The number of hydrogen-bond acceptors (Lipinski definition) is 2. The zero-order chi connectivity index (χ0) is 18.6. The van der Waals surface area contributed by atoms with Crippen molar-refractivity contribution in [1.29, 1.82) is 0 Å². The molecule has 2 aliphatic rings. The molecule has 7 heteroatoms. The van der Waals surface area contributed by atoms with E-state index in [1.54, 1.807) is 6.92 Å². The van der Waals surface area contributed by atoms with Crippen molar-refractivity contribution in [3.63, 3.8) is 0 Å². The first-order valence-electron chi connectivity index (χ1n) is 8.71. The summed E-state index contributed by atoms with van der Waals surface area (Å²) in [5.41, 5.74) is -5.34. The maximum Gasteiger partial charge on any atom is 0.295 e. The SMILES string of the molecule is CCC1CC(C(O)(O)C2(CC)CCCC2)C(F)(F)C(C)(F)C1(F)F. The molecule has 0 amide bonds. The van der Waals surface area contributed by atoms with Crippen molar-refractivity contribution in [2.75, 3.05) is 0 Å². The molecule has 2 fully saturated rings. The number of halogens is 5. The molecule has 2 aliphatic carbocycles. The van der Waals surface area contributed by atoms with Crippen LogP contribution in [0, 0.1) is 17.3 Å². The Bertz CT molecular complexity index is 470. The Hall–Kier alpha value is -0.430. The van der Waals surface area contributed by atoms with E-state index in [0.717, 1.165) is 0 Å². The van der Waals surface area contributed by atoms with Gasteiger partial charge in [-0.3, -0.25) is 0 Å². The summed E-state index contributed by atoms with van der Waals surface area (Å²) in [5.74, 6) is -15.6. The largest absolute Gasteiger partial charge is 0.365 e. The fraction of sp³-hybridized carbons (Fsp3) is 1.00. The summed E-state index contributed by atoms with van der Waals surface area (Å²) >= 11 is 0. The van der Waals surface area contributed by atoms with Crippen LogP contribution in [0.1, 0.15) is 65.7 Å². The van der Waals surface area contributed by atoms with Gasteiger partial charge in [-0.15, -0.1) is 0 Å². The van der Waals surface area contributed by atoms with Gasteiger partial charge in [-0.05, 0) is 39.0 Å². The minimum Gasteiger partial charge on any atom is -0.365 e. The minimum absolute atomic E-state index is 0.186. The second-order valence-electron chi connectivity index (χ2n) is 7.71. The number of rotatable bonds is 4. The van der Waals surface area contributed by atoms with E-state index in [-0.39, 0.29) is 19.8 Å². The minimum atomic E-state index is -4.55. The van der Waals surface area contributed by atoms with Crippen molar-refractivity contribution in [3.8, 4) is 0 Å². The first kappa shape index (κ1) is 19.9. The van der Waals surface area contributed by atoms with Crippen LogP contribution in [0.4, 0.5) is 22.0 Å². The van der Waals surface area contributed by atoms with Crippen molar-refractivity contribution in [2.45, 2.75) is 89.0 Å². The molecule has 142 valence electrons. The van der Waals surface area contributed by atoms with Crippen LogP contribution >= 0.6 is 0 Å². The summed E-state index contributed by atoms with van der Waals surface area (Å²) in [5, 5.41) is 21.4. The molecular weight excluding hydrogens is 331 g/mol. The molecular formula is C17H27F5O2. The van der Waals surface area contributed by atoms with Crippen LogP contribution in [0.5, 0.6) is 0 Å². The first-order chi connectivity index (χ1) is 10.8. The first-order valence-corrected chi connectivity index (χ1v) is 8.71. The van der Waals surface area contributed by atoms with Gasteiger partial charge in [-0.2, -0.15) is 0 Å². The van der Waals surface area contributed by atoms with Gasteiger partial charge < -0.3 is 10.2 Å². The number of alkyl halides is 5. The van der Waals surface area contributed by atoms with Crippen molar-refractivity contribution < 1.29 is 32.2 Å². The average molecular weight is 358 g/mol. The summed E-state index contributed by atoms with van der Waals surface area (Å²) in [6.45, 7) is 3.22. The fourth-order valence-corrected chi connectivity index (χ4v) is 4.76. The Kier molecular flexibility index (Phi) is 4.80. The monoisotopic (exact) mass is 358 g/mol. The highest BCUT2D eigenvalue weighted by atomic mass is 19.3. The van der Waals surface area contributed by atoms with Crippen LogP contribution in [0.3, 0.4) is 0 Å². The molecule has 0 aromatic heterocycles. The highest BCUT2D eigenvalue weighted by Crippen LogP contribution is 2.64. The molecule has 0 bridgehead atoms. The molecule has 0 saturated heterocycles. The molecule has 0 aromatic carbocycles. The van der Waals surface area contributed by atoms with Gasteiger partial charge in [0.15, 0.2) is 5.79 Å². The van der Waals surface area contributed by atoms with E-state index in [1.165, 1.54) is 6.92 Å². The molecule has 0 heterocycles. The molecule has 0 aromatic rings. The Labute approximate surface area is 139 Å². The van der Waals surface area contributed by atoms with Gasteiger partial charge >= 0.3 is 0 Å². The van der Waals surface area contributed by atoms with Gasteiger partial charge in [-0.1, -0.05) is 26.7 Å². The Morgan fingerprint density at radius 2 is 1.46 bits per heavy atom. The lowest BCUT2D eigenvalue weighted by Gasteiger charge is -2.55. The van der Waals surface area contributed by atoms with E-state index in [4.69, 9.17) is 0 Å². The third-order valence-electron chi connectivity index (χ3n) is 6.72. The molecule has 0 radical (unpaired) electrons. The van der Waals surface area contributed by atoms with Crippen LogP contribution in [0.15, 0.2) is 0 Å². The molecule has 0 aliphatic heterocycles. The normalized spacial score (nSPS) is 38.2. The molecule has 24 heavy (non-hydrogen) atoms. The van der Waals surface area contributed by atoms with Crippen molar-refractivity contribution in [1.82, 2.24) is 0 Å². The van der Waals surface area contributed by atoms with Crippen LogP contribution in [-0.2, 0) is 0 Å². The molecule has 2 nitrogen and oxygen atoms in total. The van der Waals surface area contributed by atoms with Gasteiger partial charge in [-0.25, -0.2) is 22.0 Å². The van der Waals surface area contributed by atoms with Crippen LogP contribution < -0.4 is 0 Å². The standard InChI is InChI=1S/C17H27F5O2/c1-4-11-10-12(16(21,22)13(3,18)15(11,19)20)17(23,24)14(5-2)8-6-7-9-14/h11-12,23-24H,4-10H2,1-3H3. The second-order valence-corrected chi connectivity index (χ2v) is 7.71. The summed E-state index contributed by atoms with van der Waals surface area (Å²) in [6.07, 6.45) is 1.13. The predicted molar refractivity (Wildman–Crippen MR) is 79.7 cm³/mol. The van der Waals surface area contributed by atoms with E-state index in [1.807, 2.05) is 0 Å². The van der Waals surface area contributed by atoms with Crippen LogP contribution in [-0.4, -0.2) is 33.5 Å². The van der Waals surface area contributed by atoms with Gasteiger partial charge in [0.2, 0.25) is 5.67 Å². The van der Waals surface area contributed by atoms with E-state index in [2.05, 4.69) is 0 Å². The molecule has 2 N–H and O–H groups in total. The lowest BCUT2D eigenvalue weighted by molar-refractivity contribution is -0.379. The Morgan fingerprint density at radius 3 is 1.88 bits per heavy atom. The van der Waals surface area contributed by atoms with Gasteiger partial charge in [0.05, 0.1) is 5.92 Å². The Balaban J connectivity index is 2.52. The van der Waals surface area contributed by atoms with E-state index >= 15 is 0 Å². The van der Waals surface area contributed by atoms with E-state index in [9.17, 15) is 32.2 Å². The molecule has 3 atom stereocenters. The predicted octanol–water partition coefficient (Wildman–Crippen LogP) is 4.68. The topological polar surface area (TPSA) is 40.5 Å². The van der Waals surface area contributed by atoms with Crippen molar-refractivity contribution >= 4 is 0 Å². The zero-order valence-corrected chi connectivity index (χ0v) is 14.4. The quantitative estimate of drug-likeness (QED) is 0.566. The van der Waals surface area contributed by atoms with Gasteiger partial charge in [0.1, 0.15) is 0 Å². The molecule has 2 saturated carbocycles. The lowest BCUT2D eigenvalue weighted by Crippen LogP contribution is -2.71. The highest BCUT2D eigenvalue weighted by molar-refractivity contribution is 5.15. The van der Waals surface area contributed by atoms with Crippen molar-refractivity contribution in [3.05, 3.63) is 0 Å².